The zero-order chi connectivity index (χ0) is 32.3. The fraction of sp³-hybridized carbons (Fsp3) is 0. The summed E-state index contributed by atoms with van der Waals surface area (Å²) in [5, 5.41) is 8.81. The van der Waals surface area contributed by atoms with Crippen LogP contribution in [0, 0.1) is 0 Å². The van der Waals surface area contributed by atoms with Gasteiger partial charge in [0.05, 0.1) is 6.20 Å². The smallest absolute Gasteiger partial charge is 0.164 e. The number of hydrogen-bond acceptors (Lipinski definition) is 5. The van der Waals surface area contributed by atoms with Gasteiger partial charge in [0.1, 0.15) is 5.58 Å². The minimum absolute atomic E-state index is 0.621. The van der Waals surface area contributed by atoms with Gasteiger partial charge in [0.2, 0.25) is 0 Å². The van der Waals surface area contributed by atoms with Gasteiger partial charge in [0.15, 0.2) is 23.1 Å². The van der Waals surface area contributed by atoms with Crippen molar-refractivity contribution in [1.29, 1.82) is 0 Å². The highest BCUT2D eigenvalue weighted by atomic mass is 16.3. The maximum absolute atomic E-state index is 6.38. The third-order valence-corrected chi connectivity index (χ3v) is 9.40. The number of furan rings is 1. The molecule has 228 valence electrons. The van der Waals surface area contributed by atoms with E-state index < -0.39 is 0 Å². The molecule has 7 aromatic carbocycles. The van der Waals surface area contributed by atoms with E-state index in [1.165, 1.54) is 5.39 Å². The summed E-state index contributed by atoms with van der Waals surface area (Å²) >= 11 is 0. The molecular formula is C44H26N4O. The van der Waals surface area contributed by atoms with Gasteiger partial charge in [-0.15, -0.1) is 0 Å². The molecule has 49 heavy (non-hydrogen) atoms. The Balaban J connectivity index is 1.21. The Kier molecular flexibility index (Phi) is 6.11. The molecule has 0 bridgehead atoms. The quantitative estimate of drug-likeness (QED) is 0.194. The first kappa shape index (κ1) is 27.4. The van der Waals surface area contributed by atoms with E-state index in [0.29, 0.717) is 17.5 Å². The maximum atomic E-state index is 6.38. The molecule has 3 heterocycles. The Morgan fingerprint density at radius 2 is 0.959 bits per heavy atom. The van der Waals surface area contributed by atoms with Crippen molar-refractivity contribution >= 4 is 54.3 Å². The molecule has 0 aliphatic carbocycles. The number of nitrogens with zero attached hydrogens (tertiary/aromatic N) is 4. The third kappa shape index (κ3) is 4.48. The van der Waals surface area contributed by atoms with E-state index in [2.05, 4.69) is 120 Å². The molecule has 5 nitrogen and oxygen atoms in total. The standard InChI is InChI=1S/C44H26N4O/c1-2-12-28(13-3-1)42-46-43(35-20-10-16-27-11-6-7-17-31(27)35)48-44(47-42)36-22-21-34(32-18-8-9-19-33(32)36)38-25-45-26-40-41(38)37-23-29-14-4-5-15-30(29)24-39(37)49-40/h1-26H. The van der Waals surface area contributed by atoms with Gasteiger partial charge in [0.25, 0.3) is 0 Å². The molecule has 5 heteroatoms. The topological polar surface area (TPSA) is 64.7 Å². The molecule has 0 spiro atoms. The number of pyridine rings is 1. The van der Waals surface area contributed by atoms with Crippen molar-refractivity contribution in [3.8, 4) is 45.3 Å². The van der Waals surface area contributed by atoms with Crippen LogP contribution >= 0.6 is 0 Å². The van der Waals surface area contributed by atoms with Gasteiger partial charge in [-0.05, 0) is 56.1 Å². The summed E-state index contributed by atoms with van der Waals surface area (Å²) in [6.07, 6.45) is 3.76. The highest BCUT2D eigenvalue weighted by Gasteiger charge is 2.19. The maximum Gasteiger partial charge on any atom is 0.164 e. The van der Waals surface area contributed by atoms with Crippen molar-refractivity contribution in [3.05, 3.63) is 158 Å². The molecule has 0 atom stereocenters. The average molecular weight is 627 g/mol. The van der Waals surface area contributed by atoms with Gasteiger partial charge >= 0.3 is 0 Å². The van der Waals surface area contributed by atoms with Crippen LogP contribution in [0.4, 0.5) is 0 Å². The molecule has 0 unspecified atom stereocenters. The zero-order valence-corrected chi connectivity index (χ0v) is 26.2. The number of fused-ring (bicyclic) bond motifs is 6. The zero-order valence-electron chi connectivity index (χ0n) is 26.2. The molecule has 0 saturated heterocycles. The fourth-order valence-electron chi connectivity index (χ4n) is 7.10. The first-order valence-electron chi connectivity index (χ1n) is 16.3. The van der Waals surface area contributed by atoms with E-state index in [1.54, 1.807) is 0 Å². The van der Waals surface area contributed by atoms with Crippen LogP contribution in [-0.2, 0) is 0 Å². The predicted octanol–water partition coefficient (Wildman–Crippen LogP) is 11.3. The van der Waals surface area contributed by atoms with Gasteiger partial charge in [0, 0.05) is 39.2 Å². The first-order chi connectivity index (χ1) is 24.3. The Morgan fingerprint density at radius 3 is 1.76 bits per heavy atom. The molecule has 10 rings (SSSR count). The number of aromatic nitrogens is 4. The molecule has 10 aromatic rings. The molecule has 0 aliphatic rings. The minimum atomic E-state index is 0.621. The van der Waals surface area contributed by atoms with Crippen LogP contribution in [-0.4, -0.2) is 19.9 Å². The lowest BCUT2D eigenvalue weighted by molar-refractivity contribution is 0.667. The predicted molar refractivity (Wildman–Crippen MR) is 199 cm³/mol. The monoisotopic (exact) mass is 626 g/mol. The van der Waals surface area contributed by atoms with E-state index in [1.807, 2.05) is 42.7 Å². The van der Waals surface area contributed by atoms with Crippen LogP contribution in [0.25, 0.3) is 99.5 Å². The summed E-state index contributed by atoms with van der Waals surface area (Å²) in [5.41, 5.74) is 6.54. The normalized spacial score (nSPS) is 11.7. The van der Waals surface area contributed by atoms with Crippen molar-refractivity contribution in [3.63, 3.8) is 0 Å². The fourth-order valence-corrected chi connectivity index (χ4v) is 7.10. The van der Waals surface area contributed by atoms with Crippen LogP contribution in [0.5, 0.6) is 0 Å². The van der Waals surface area contributed by atoms with Crippen LogP contribution in [0.15, 0.2) is 162 Å². The summed E-state index contributed by atoms with van der Waals surface area (Å²) in [6.45, 7) is 0. The van der Waals surface area contributed by atoms with E-state index in [0.717, 1.165) is 76.7 Å². The largest absolute Gasteiger partial charge is 0.454 e. The number of hydrogen-bond donors (Lipinski definition) is 0. The Morgan fingerprint density at radius 1 is 0.367 bits per heavy atom. The summed E-state index contributed by atoms with van der Waals surface area (Å²) in [4.78, 5) is 19.9. The van der Waals surface area contributed by atoms with Crippen molar-refractivity contribution in [2.24, 2.45) is 0 Å². The molecule has 3 aromatic heterocycles. The van der Waals surface area contributed by atoms with Crippen LogP contribution < -0.4 is 0 Å². The molecule has 0 fully saturated rings. The molecule has 0 radical (unpaired) electrons. The Labute approximate surface area is 281 Å². The number of benzene rings is 7. The highest BCUT2D eigenvalue weighted by molar-refractivity contribution is 6.18. The molecule has 0 aliphatic heterocycles. The van der Waals surface area contributed by atoms with Crippen LogP contribution in [0.3, 0.4) is 0 Å². The van der Waals surface area contributed by atoms with Crippen molar-refractivity contribution in [1.82, 2.24) is 19.9 Å². The molecule has 0 amide bonds. The van der Waals surface area contributed by atoms with E-state index in [-0.39, 0.29) is 0 Å². The second-order valence-electron chi connectivity index (χ2n) is 12.3. The summed E-state index contributed by atoms with van der Waals surface area (Å²) < 4.78 is 6.38. The van der Waals surface area contributed by atoms with E-state index >= 15 is 0 Å². The van der Waals surface area contributed by atoms with Crippen LogP contribution in [0.1, 0.15) is 0 Å². The van der Waals surface area contributed by atoms with E-state index in [9.17, 15) is 0 Å². The van der Waals surface area contributed by atoms with Gasteiger partial charge < -0.3 is 4.42 Å². The lowest BCUT2D eigenvalue weighted by Crippen LogP contribution is -2.01. The second-order valence-corrected chi connectivity index (χ2v) is 12.3. The lowest BCUT2D eigenvalue weighted by atomic mass is 9.93. The summed E-state index contributed by atoms with van der Waals surface area (Å²) in [6, 6.07) is 50.2. The SMILES string of the molecule is c1ccc(-c2nc(-c3cccc4ccccc34)nc(-c3ccc(-c4cncc5oc6cc7ccccc7cc6c45)c4ccccc34)n2)cc1. The number of rotatable bonds is 4. The second kappa shape index (κ2) is 10.9. The highest BCUT2D eigenvalue weighted by Crippen LogP contribution is 2.42. The van der Waals surface area contributed by atoms with Crippen molar-refractivity contribution in [2.45, 2.75) is 0 Å². The summed E-state index contributed by atoms with van der Waals surface area (Å²) in [7, 11) is 0. The van der Waals surface area contributed by atoms with Crippen LogP contribution in [0.2, 0.25) is 0 Å². The van der Waals surface area contributed by atoms with E-state index in [4.69, 9.17) is 19.4 Å². The van der Waals surface area contributed by atoms with Crippen molar-refractivity contribution in [2.75, 3.05) is 0 Å². The first-order valence-corrected chi connectivity index (χ1v) is 16.3. The third-order valence-electron chi connectivity index (χ3n) is 9.40. The Hall–Kier alpha value is -6.72. The molecule has 0 saturated carbocycles. The minimum Gasteiger partial charge on any atom is -0.454 e. The molecular weight excluding hydrogens is 601 g/mol. The lowest BCUT2D eigenvalue weighted by Gasteiger charge is -2.14. The van der Waals surface area contributed by atoms with Gasteiger partial charge in [-0.1, -0.05) is 127 Å². The van der Waals surface area contributed by atoms with Crippen molar-refractivity contribution < 1.29 is 4.42 Å². The summed E-state index contributed by atoms with van der Waals surface area (Å²) in [5.74, 6) is 1.89. The van der Waals surface area contributed by atoms with Gasteiger partial charge in [-0.25, -0.2) is 15.0 Å². The Bertz CT molecular complexity index is 2890. The van der Waals surface area contributed by atoms with Gasteiger partial charge in [-0.2, -0.15) is 0 Å². The average Bonchev–Trinajstić information content (AvgIpc) is 3.54. The van der Waals surface area contributed by atoms with Gasteiger partial charge in [-0.3, -0.25) is 4.98 Å². The molecule has 0 N–H and O–H groups in total.